The molecule has 0 bridgehead atoms. The fraction of sp³-hybridized carbons (Fsp3) is 0.455. The molecule has 0 amide bonds. The molecule has 0 aromatic heterocycles. The van der Waals surface area contributed by atoms with Crippen molar-refractivity contribution in [2.75, 3.05) is 18.0 Å². The highest BCUT2D eigenvalue weighted by Crippen LogP contribution is 2.24. The fourth-order valence-corrected chi connectivity index (χ4v) is 1.92. The van der Waals surface area contributed by atoms with E-state index in [4.69, 9.17) is 11.6 Å². The maximum absolute atomic E-state index is 5.97. The highest BCUT2D eigenvalue weighted by molar-refractivity contribution is 6.31. The van der Waals surface area contributed by atoms with Crippen LogP contribution in [0.4, 0.5) is 5.69 Å². The standard InChI is InChI=1S/C11H14ClN/c1-9-8-10(4-5-11(9)12)13-6-2-3-7-13/h4-5,8H,2-3,6-7H2,1H3. The largest absolute Gasteiger partial charge is 0.372 e. The molecule has 1 saturated heterocycles. The van der Waals surface area contributed by atoms with Crippen molar-refractivity contribution >= 4 is 17.3 Å². The van der Waals surface area contributed by atoms with Gasteiger partial charge in [-0.2, -0.15) is 0 Å². The maximum atomic E-state index is 5.97. The van der Waals surface area contributed by atoms with Crippen molar-refractivity contribution in [2.45, 2.75) is 19.8 Å². The zero-order chi connectivity index (χ0) is 9.26. The van der Waals surface area contributed by atoms with Gasteiger partial charge in [0.25, 0.3) is 0 Å². The molecular weight excluding hydrogens is 182 g/mol. The lowest BCUT2D eigenvalue weighted by atomic mass is 10.2. The van der Waals surface area contributed by atoms with E-state index in [1.807, 2.05) is 6.07 Å². The molecule has 13 heavy (non-hydrogen) atoms. The molecule has 0 atom stereocenters. The molecule has 1 aromatic carbocycles. The van der Waals surface area contributed by atoms with Gasteiger partial charge in [-0.3, -0.25) is 0 Å². The topological polar surface area (TPSA) is 3.24 Å². The normalized spacial score (nSPS) is 16.6. The van der Waals surface area contributed by atoms with Crippen molar-refractivity contribution in [3.8, 4) is 0 Å². The third kappa shape index (κ3) is 1.80. The number of anilines is 1. The minimum absolute atomic E-state index is 0.864. The van der Waals surface area contributed by atoms with Gasteiger partial charge in [0.05, 0.1) is 0 Å². The van der Waals surface area contributed by atoms with Crippen LogP contribution in [-0.4, -0.2) is 13.1 Å². The predicted octanol–water partition coefficient (Wildman–Crippen LogP) is 3.25. The summed E-state index contributed by atoms with van der Waals surface area (Å²) in [7, 11) is 0. The highest BCUT2D eigenvalue weighted by Gasteiger charge is 2.12. The van der Waals surface area contributed by atoms with Crippen LogP contribution in [-0.2, 0) is 0 Å². The first kappa shape index (κ1) is 8.89. The summed E-state index contributed by atoms with van der Waals surface area (Å²) in [6.45, 7) is 4.45. The van der Waals surface area contributed by atoms with E-state index in [1.165, 1.54) is 37.2 Å². The molecule has 1 nitrogen and oxygen atoms in total. The summed E-state index contributed by atoms with van der Waals surface area (Å²) in [4.78, 5) is 2.42. The third-order valence-corrected chi connectivity index (χ3v) is 3.04. The van der Waals surface area contributed by atoms with Gasteiger partial charge in [0.2, 0.25) is 0 Å². The van der Waals surface area contributed by atoms with Crippen molar-refractivity contribution in [3.63, 3.8) is 0 Å². The van der Waals surface area contributed by atoms with Gasteiger partial charge in [-0.1, -0.05) is 11.6 Å². The molecule has 0 N–H and O–H groups in total. The van der Waals surface area contributed by atoms with Crippen molar-refractivity contribution in [3.05, 3.63) is 28.8 Å². The Morgan fingerprint density at radius 1 is 1.23 bits per heavy atom. The average Bonchev–Trinajstić information content (AvgIpc) is 2.62. The minimum Gasteiger partial charge on any atom is -0.372 e. The molecule has 2 heteroatoms. The minimum atomic E-state index is 0.864. The van der Waals surface area contributed by atoms with Gasteiger partial charge in [-0.15, -0.1) is 0 Å². The number of nitrogens with zero attached hydrogens (tertiary/aromatic N) is 1. The van der Waals surface area contributed by atoms with Crippen molar-refractivity contribution in [1.82, 2.24) is 0 Å². The molecule has 0 saturated carbocycles. The van der Waals surface area contributed by atoms with Gasteiger partial charge in [0, 0.05) is 23.8 Å². The number of benzene rings is 1. The van der Waals surface area contributed by atoms with Crippen molar-refractivity contribution in [2.24, 2.45) is 0 Å². The number of halogens is 1. The van der Waals surface area contributed by atoms with E-state index < -0.39 is 0 Å². The molecule has 70 valence electrons. The molecule has 1 aliphatic rings. The Kier molecular flexibility index (Phi) is 2.45. The molecule has 1 aliphatic heterocycles. The Labute approximate surface area is 84.3 Å². The number of hydrogen-bond donors (Lipinski definition) is 0. The molecule has 2 rings (SSSR count). The van der Waals surface area contributed by atoms with Crippen LogP contribution in [0.15, 0.2) is 18.2 Å². The van der Waals surface area contributed by atoms with Crippen LogP contribution in [0, 0.1) is 6.92 Å². The van der Waals surface area contributed by atoms with E-state index in [9.17, 15) is 0 Å². The summed E-state index contributed by atoms with van der Waals surface area (Å²) in [6.07, 6.45) is 2.64. The van der Waals surface area contributed by atoms with Crippen LogP contribution in [0.5, 0.6) is 0 Å². The SMILES string of the molecule is Cc1cc(N2CCCC2)ccc1Cl. The van der Waals surface area contributed by atoms with Gasteiger partial charge in [0.1, 0.15) is 0 Å². The number of aryl methyl sites for hydroxylation is 1. The monoisotopic (exact) mass is 195 g/mol. The van der Waals surface area contributed by atoms with Gasteiger partial charge < -0.3 is 4.90 Å². The number of rotatable bonds is 1. The predicted molar refractivity (Wildman–Crippen MR) is 57.6 cm³/mol. The quantitative estimate of drug-likeness (QED) is 0.665. The van der Waals surface area contributed by atoms with E-state index in [0.717, 1.165) is 5.02 Å². The Morgan fingerprint density at radius 3 is 2.54 bits per heavy atom. The first-order valence-electron chi connectivity index (χ1n) is 4.78. The summed E-state index contributed by atoms with van der Waals surface area (Å²) in [5.74, 6) is 0. The van der Waals surface area contributed by atoms with Crippen LogP contribution >= 0.6 is 11.6 Å². The average molecular weight is 196 g/mol. The van der Waals surface area contributed by atoms with E-state index in [2.05, 4.69) is 24.0 Å². The van der Waals surface area contributed by atoms with E-state index in [-0.39, 0.29) is 0 Å². The van der Waals surface area contributed by atoms with Gasteiger partial charge in [-0.05, 0) is 43.5 Å². The Balaban J connectivity index is 2.25. The first-order valence-corrected chi connectivity index (χ1v) is 5.16. The summed E-state index contributed by atoms with van der Waals surface area (Å²) >= 11 is 5.97. The lowest BCUT2D eigenvalue weighted by Gasteiger charge is -2.18. The molecule has 1 fully saturated rings. The fourth-order valence-electron chi connectivity index (χ4n) is 1.80. The Hall–Kier alpha value is -0.690. The maximum Gasteiger partial charge on any atom is 0.0436 e. The van der Waals surface area contributed by atoms with Crippen LogP contribution in [0.3, 0.4) is 0 Å². The lowest BCUT2D eigenvalue weighted by molar-refractivity contribution is 0.949. The lowest BCUT2D eigenvalue weighted by Crippen LogP contribution is -2.17. The molecule has 0 aliphatic carbocycles. The van der Waals surface area contributed by atoms with Crippen LogP contribution in [0.2, 0.25) is 5.02 Å². The van der Waals surface area contributed by atoms with Crippen LogP contribution in [0.25, 0.3) is 0 Å². The molecule has 1 heterocycles. The molecular formula is C11H14ClN. The molecule has 0 spiro atoms. The number of hydrogen-bond acceptors (Lipinski definition) is 1. The second-order valence-electron chi connectivity index (χ2n) is 3.63. The summed E-state index contributed by atoms with van der Waals surface area (Å²) in [5.41, 5.74) is 2.49. The highest BCUT2D eigenvalue weighted by atomic mass is 35.5. The summed E-state index contributed by atoms with van der Waals surface area (Å²) < 4.78 is 0. The zero-order valence-corrected chi connectivity index (χ0v) is 8.64. The van der Waals surface area contributed by atoms with E-state index in [0.29, 0.717) is 0 Å². The summed E-state index contributed by atoms with van der Waals surface area (Å²) in [5, 5.41) is 0.864. The third-order valence-electron chi connectivity index (χ3n) is 2.61. The van der Waals surface area contributed by atoms with Crippen molar-refractivity contribution < 1.29 is 0 Å². The molecule has 1 aromatic rings. The van der Waals surface area contributed by atoms with Gasteiger partial charge in [-0.25, -0.2) is 0 Å². The second-order valence-corrected chi connectivity index (χ2v) is 4.03. The van der Waals surface area contributed by atoms with Gasteiger partial charge >= 0.3 is 0 Å². The van der Waals surface area contributed by atoms with Crippen LogP contribution in [0.1, 0.15) is 18.4 Å². The van der Waals surface area contributed by atoms with Crippen LogP contribution < -0.4 is 4.90 Å². The smallest absolute Gasteiger partial charge is 0.0436 e. The summed E-state index contributed by atoms with van der Waals surface area (Å²) in [6, 6.07) is 6.28. The zero-order valence-electron chi connectivity index (χ0n) is 7.89. The van der Waals surface area contributed by atoms with Gasteiger partial charge in [0.15, 0.2) is 0 Å². The second kappa shape index (κ2) is 3.59. The molecule has 0 radical (unpaired) electrons. The molecule has 0 unspecified atom stereocenters. The van der Waals surface area contributed by atoms with E-state index >= 15 is 0 Å². The first-order chi connectivity index (χ1) is 6.27. The van der Waals surface area contributed by atoms with E-state index in [1.54, 1.807) is 0 Å². The Bertz CT molecular complexity index is 303. The Morgan fingerprint density at radius 2 is 1.92 bits per heavy atom. The van der Waals surface area contributed by atoms with Crippen molar-refractivity contribution in [1.29, 1.82) is 0 Å².